The third kappa shape index (κ3) is 6.08. The molecule has 0 radical (unpaired) electrons. The van der Waals surface area contributed by atoms with Crippen LogP contribution in [0.15, 0.2) is 88.5 Å². The Morgan fingerprint density at radius 3 is 2.10 bits per heavy atom. The zero-order valence-electron chi connectivity index (χ0n) is 21.7. The number of H-pyrrole nitrogens is 2. The number of aromatic amines is 2. The fourth-order valence-electron chi connectivity index (χ4n) is 4.03. The molecule has 10 nitrogen and oxygen atoms in total. The molecule has 0 spiro atoms. The van der Waals surface area contributed by atoms with Crippen LogP contribution in [0.4, 0.5) is 0 Å². The third-order valence-electron chi connectivity index (χ3n) is 5.85. The fraction of sp³-hybridized carbons (Fsp3) is 0.207. The Labute approximate surface area is 224 Å². The van der Waals surface area contributed by atoms with Crippen LogP contribution < -0.4 is 11.1 Å². The molecule has 0 saturated carbocycles. The van der Waals surface area contributed by atoms with E-state index in [0.29, 0.717) is 11.4 Å². The van der Waals surface area contributed by atoms with Crippen molar-refractivity contribution in [2.24, 2.45) is 0 Å². The summed E-state index contributed by atoms with van der Waals surface area (Å²) in [6, 6.07) is 17.9. The highest BCUT2D eigenvalue weighted by Gasteiger charge is 2.21. The second-order valence-electron chi connectivity index (χ2n) is 8.38. The minimum Gasteiger partial charge on any atom is -0.461 e. The lowest BCUT2D eigenvalue weighted by molar-refractivity contribution is -0.101. The summed E-state index contributed by atoms with van der Waals surface area (Å²) in [5.41, 5.74) is 1.25. The first kappa shape index (κ1) is 27.4. The molecule has 0 bridgehead atoms. The van der Waals surface area contributed by atoms with Crippen molar-refractivity contribution in [2.45, 2.75) is 26.6 Å². The standard InChI is InChI=1S/C29H30N4O6/c1-3-38-28(36)24-22(26(34)32(30-24)20-14-8-5-9-15-20)18-12-7-13-19-23-25(29(37)39-4-2)31-33(27(23)35)21-16-10-6-11-17-21/h5-18,28,30-31,36H,3-4,19H2,1-2H3. The summed E-state index contributed by atoms with van der Waals surface area (Å²) >= 11 is 0. The number of nitrogens with one attached hydrogen (secondary N) is 2. The molecule has 4 aromatic rings. The number of ether oxygens (including phenoxy) is 2. The zero-order chi connectivity index (χ0) is 27.8. The third-order valence-corrected chi connectivity index (χ3v) is 5.85. The van der Waals surface area contributed by atoms with Crippen LogP contribution >= 0.6 is 0 Å². The predicted octanol–water partition coefficient (Wildman–Crippen LogP) is 3.66. The average molecular weight is 531 g/mol. The molecular weight excluding hydrogens is 500 g/mol. The smallest absolute Gasteiger partial charge is 0.356 e. The van der Waals surface area contributed by atoms with Gasteiger partial charge in [-0.25, -0.2) is 14.2 Å². The van der Waals surface area contributed by atoms with Crippen LogP contribution in [0.2, 0.25) is 0 Å². The van der Waals surface area contributed by atoms with E-state index in [-0.39, 0.29) is 53.3 Å². The average Bonchev–Trinajstić information content (AvgIpc) is 3.46. The first-order valence-corrected chi connectivity index (χ1v) is 12.6. The maximum atomic E-state index is 13.1. The van der Waals surface area contributed by atoms with E-state index in [0.717, 1.165) is 0 Å². The summed E-state index contributed by atoms with van der Waals surface area (Å²) in [7, 11) is 0. The molecule has 2 heterocycles. The topological polar surface area (TPSA) is 131 Å². The number of rotatable bonds is 11. The highest BCUT2D eigenvalue weighted by molar-refractivity contribution is 5.89. The molecule has 0 aliphatic heterocycles. The molecular formula is C29H30N4O6. The number of aliphatic hydroxyl groups excluding tert-OH is 1. The van der Waals surface area contributed by atoms with Crippen molar-refractivity contribution in [1.29, 1.82) is 0 Å². The molecule has 202 valence electrons. The van der Waals surface area contributed by atoms with Crippen molar-refractivity contribution < 1.29 is 19.4 Å². The van der Waals surface area contributed by atoms with E-state index < -0.39 is 12.3 Å². The van der Waals surface area contributed by atoms with Crippen LogP contribution in [0.25, 0.3) is 17.5 Å². The Balaban J connectivity index is 1.62. The van der Waals surface area contributed by atoms with Crippen LogP contribution in [0.1, 0.15) is 47.4 Å². The number of nitrogens with zero attached hydrogens (tertiary/aromatic N) is 2. The van der Waals surface area contributed by atoms with Gasteiger partial charge in [0.2, 0.25) is 0 Å². The van der Waals surface area contributed by atoms with E-state index in [2.05, 4.69) is 10.2 Å². The van der Waals surface area contributed by atoms with E-state index in [1.54, 1.807) is 86.7 Å². The molecule has 10 heteroatoms. The number of carbonyl (C=O) groups is 1. The van der Waals surface area contributed by atoms with Crippen molar-refractivity contribution in [1.82, 2.24) is 19.6 Å². The minimum atomic E-state index is -1.32. The number of aliphatic hydroxyl groups is 1. The van der Waals surface area contributed by atoms with E-state index in [9.17, 15) is 19.5 Å². The van der Waals surface area contributed by atoms with Crippen molar-refractivity contribution in [3.8, 4) is 11.4 Å². The fourth-order valence-corrected chi connectivity index (χ4v) is 4.03. The summed E-state index contributed by atoms with van der Waals surface area (Å²) < 4.78 is 13.1. The monoisotopic (exact) mass is 530 g/mol. The van der Waals surface area contributed by atoms with Gasteiger partial charge in [0.1, 0.15) is 11.4 Å². The number of carbonyl (C=O) groups excluding carboxylic acids is 1. The van der Waals surface area contributed by atoms with Crippen LogP contribution in [0, 0.1) is 0 Å². The number of hydrogen-bond donors (Lipinski definition) is 3. The zero-order valence-corrected chi connectivity index (χ0v) is 21.7. The molecule has 0 amide bonds. The molecule has 39 heavy (non-hydrogen) atoms. The van der Waals surface area contributed by atoms with Crippen molar-refractivity contribution in [3.05, 3.63) is 122 Å². The summed E-state index contributed by atoms with van der Waals surface area (Å²) in [6.45, 7) is 3.86. The van der Waals surface area contributed by atoms with Crippen molar-refractivity contribution in [2.75, 3.05) is 13.2 Å². The van der Waals surface area contributed by atoms with E-state index in [4.69, 9.17) is 9.47 Å². The van der Waals surface area contributed by atoms with Gasteiger partial charge < -0.3 is 14.6 Å². The SMILES string of the molecule is CCOC(=O)c1[nH]n(-c2ccccc2)c(=O)c1CC=CC=Cc1c(C(O)OCC)[nH]n(-c2ccccc2)c1=O. The molecule has 0 aliphatic rings. The van der Waals surface area contributed by atoms with Gasteiger partial charge in [0.25, 0.3) is 11.1 Å². The van der Waals surface area contributed by atoms with Gasteiger partial charge in [-0.05, 0) is 50.6 Å². The van der Waals surface area contributed by atoms with Gasteiger partial charge >= 0.3 is 5.97 Å². The van der Waals surface area contributed by atoms with Gasteiger partial charge in [0.15, 0.2) is 6.29 Å². The van der Waals surface area contributed by atoms with E-state index in [1.165, 1.54) is 9.36 Å². The summed E-state index contributed by atoms with van der Waals surface area (Å²) in [4.78, 5) is 38.8. The first-order chi connectivity index (χ1) is 19.0. The molecule has 1 atom stereocenters. The Morgan fingerprint density at radius 2 is 1.51 bits per heavy atom. The normalized spacial score (nSPS) is 12.4. The summed E-state index contributed by atoms with van der Waals surface area (Å²) in [5.74, 6) is -0.619. The lowest BCUT2D eigenvalue weighted by Gasteiger charge is -2.09. The highest BCUT2D eigenvalue weighted by Crippen LogP contribution is 2.18. The van der Waals surface area contributed by atoms with Crippen LogP contribution in [-0.2, 0) is 15.9 Å². The van der Waals surface area contributed by atoms with Crippen LogP contribution in [0.3, 0.4) is 0 Å². The number of esters is 1. The number of allylic oxidation sites excluding steroid dienone is 3. The maximum absolute atomic E-state index is 13.1. The van der Waals surface area contributed by atoms with Crippen LogP contribution in [0.5, 0.6) is 0 Å². The second kappa shape index (κ2) is 12.7. The minimum absolute atomic E-state index is 0.0813. The molecule has 4 rings (SSSR count). The molecule has 0 saturated heterocycles. The van der Waals surface area contributed by atoms with Gasteiger partial charge in [0, 0.05) is 6.61 Å². The predicted molar refractivity (Wildman–Crippen MR) is 147 cm³/mol. The molecule has 0 aliphatic carbocycles. The van der Waals surface area contributed by atoms with Gasteiger partial charge in [0.05, 0.1) is 29.1 Å². The van der Waals surface area contributed by atoms with Gasteiger partial charge in [-0.1, -0.05) is 54.6 Å². The Kier molecular flexibility index (Phi) is 8.93. The second-order valence-corrected chi connectivity index (χ2v) is 8.38. The molecule has 2 aromatic carbocycles. The summed E-state index contributed by atoms with van der Waals surface area (Å²) in [6.07, 6.45) is 5.35. The Morgan fingerprint density at radius 1 is 0.897 bits per heavy atom. The first-order valence-electron chi connectivity index (χ1n) is 12.6. The maximum Gasteiger partial charge on any atom is 0.356 e. The van der Waals surface area contributed by atoms with Gasteiger partial charge in [-0.2, -0.15) is 0 Å². The number of benzene rings is 2. The molecule has 1 unspecified atom stereocenters. The molecule has 2 aromatic heterocycles. The molecule has 0 fully saturated rings. The Hall–Kier alpha value is -4.67. The summed E-state index contributed by atoms with van der Waals surface area (Å²) in [5, 5.41) is 16.2. The van der Waals surface area contributed by atoms with Crippen molar-refractivity contribution in [3.63, 3.8) is 0 Å². The number of hydrogen-bond acceptors (Lipinski definition) is 6. The Bertz CT molecular complexity index is 1580. The lowest BCUT2D eigenvalue weighted by atomic mass is 10.1. The highest BCUT2D eigenvalue weighted by atomic mass is 16.6. The number of aromatic nitrogens is 4. The largest absolute Gasteiger partial charge is 0.461 e. The van der Waals surface area contributed by atoms with Crippen molar-refractivity contribution >= 4 is 12.0 Å². The van der Waals surface area contributed by atoms with Gasteiger partial charge in [-0.15, -0.1) is 0 Å². The van der Waals surface area contributed by atoms with Gasteiger partial charge in [-0.3, -0.25) is 19.8 Å². The lowest BCUT2D eigenvalue weighted by Crippen LogP contribution is -2.17. The van der Waals surface area contributed by atoms with Crippen LogP contribution in [-0.4, -0.2) is 43.9 Å². The van der Waals surface area contributed by atoms with E-state index in [1.807, 2.05) is 12.1 Å². The molecule has 3 N–H and O–H groups in total. The quantitative estimate of drug-likeness (QED) is 0.154. The number of para-hydroxylation sites is 2. The van der Waals surface area contributed by atoms with E-state index >= 15 is 0 Å².